The lowest BCUT2D eigenvalue weighted by atomic mass is 9.97. The summed E-state index contributed by atoms with van der Waals surface area (Å²) in [5, 5.41) is 22.6. The minimum Gasteiger partial charge on any atom is -0.396 e. The molecule has 1 rings (SSSR count). The Balaban J connectivity index is 2.64. The normalized spacial score (nSPS) is 14.2. The van der Waals surface area contributed by atoms with Crippen molar-refractivity contribution in [2.24, 2.45) is 5.41 Å². The quantitative estimate of drug-likeness (QED) is 0.792. The third kappa shape index (κ3) is 4.01. The first kappa shape index (κ1) is 12.2. The van der Waals surface area contributed by atoms with Crippen LogP contribution >= 0.6 is 0 Å². The van der Waals surface area contributed by atoms with Crippen LogP contribution in [-0.4, -0.2) is 26.6 Å². The number of aliphatic hydroxyl groups is 2. The maximum atomic E-state index is 9.60. The number of rotatable bonds is 4. The lowest BCUT2D eigenvalue weighted by molar-refractivity contribution is 0.129. The van der Waals surface area contributed by atoms with E-state index >= 15 is 0 Å². The van der Waals surface area contributed by atoms with Crippen LogP contribution in [0.25, 0.3) is 0 Å². The molecule has 0 bridgehead atoms. The van der Waals surface area contributed by atoms with Crippen molar-refractivity contribution in [3.63, 3.8) is 0 Å². The second-order valence-electron chi connectivity index (χ2n) is 5.03. The van der Waals surface area contributed by atoms with Crippen molar-refractivity contribution in [2.75, 3.05) is 6.61 Å². The first-order valence-corrected chi connectivity index (χ1v) is 5.24. The monoisotopic (exact) mass is 212 g/mol. The van der Waals surface area contributed by atoms with Crippen molar-refractivity contribution in [3.8, 4) is 0 Å². The standard InChI is InChI=1S/C11H20N2O2/c1-11(2,3)8-13-6-4-9(12-13)10(15)5-7-14/h4,6,10,14-15H,5,7-8H2,1-3H3/t10-/m1/s1. The van der Waals surface area contributed by atoms with E-state index in [2.05, 4.69) is 25.9 Å². The predicted octanol–water partition coefficient (Wildman–Crippen LogP) is 1.34. The summed E-state index contributed by atoms with van der Waals surface area (Å²) in [5.41, 5.74) is 0.805. The molecule has 0 amide bonds. The van der Waals surface area contributed by atoms with E-state index in [-0.39, 0.29) is 12.0 Å². The summed E-state index contributed by atoms with van der Waals surface area (Å²) in [4.78, 5) is 0. The summed E-state index contributed by atoms with van der Waals surface area (Å²) in [6.45, 7) is 7.21. The van der Waals surface area contributed by atoms with Crippen LogP contribution in [0, 0.1) is 5.41 Å². The Morgan fingerprint density at radius 2 is 2.13 bits per heavy atom. The summed E-state index contributed by atoms with van der Waals surface area (Å²) in [6.07, 6.45) is 1.55. The molecule has 0 fully saturated rings. The zero-order valence-corrected chi connectivity index (χ0v) is 9.64. The number of aromatic nitrogens is 2. The smallest absolute Gasteiger partial charge is 0.1000 e. The highest BCUT2D eigenvalue weighted by atomic mass is 16.3. The van der Waals surface area contributed by atoms with Gasteiger partial charge < -0.3 is 10.2 Å². The van der Waals surface area contributed by atoms with Crippen LogP contribution in [0.5, 0.6) is 0 Å². The third-order valence-electron chi connectivity index (χ3n) is 2.04. The summed E-state index contributed by atoms with van der Waals surface area (Å²) < 4.78 is 1.83. The lowest BCUT2D eigenvalue weighted by Gasteiger charge is -2.17. The van der Waals surface area contributed by atoms with Crippen molar-refractivity contribution in [1.82, 2.24) is 9.78 Å². The molecule has 15 heavy (non-hydrogen) atoms. The molecule has 0 saturated carbocycles. The average Bonchev–Trinajstić information content (AvgIpc) is 2.50. The molecule has 0 aliphatic carbocycles. The van der Waals surface area contributed by atoms with Gasteiger partial charge in [-0.3, -0.25) is 4.68 Å². The zero-order chi connectivity index (χ0) is 11.5. The van der Waals surface area contributed by atoms with E-state index in [9.17, 15) is 5.11 Å². The van der Waals surface area contributed by atoms with Gasteiger partial charge in [-0.25, -0.2) is 0 Å². The molecule has 1 atom stereocenters. The highest BCUT2D eigenvalue weighted by molar-refractivity contribution is 5.02. The molecule has 2 N–H and O–H groups in total. The van der Waals surface area contributed by atoms with Gasteiger partial charge >= 0.3 is 0 Å². The van der Waals surface area contributed by atoms with Crippen LogP contribution in [0.3, 0.4) is 0 Å². The summed E-state index contributed by atoms with van der Waals surface area (Å²) in [7, 11) is 0. The molecule has 0 spiro atoms. The lowest BCUT2D eigenvalue weighted by Crippen LogP contribution is -2.16. The number of hydrogen-bond acceptors (Lipinski definition) is 3. The van der Waals surface area contributed by atoms with E-state index in [1.54, 1.807) is 6.07 Å². The fourth-order valence-electron chi connectivity index (χ4n) is 1.40. The maximum absolute atomic E-state index is 9.60. The second-order valence-corrected chi connectivity index (χ2v) is 5.03. The molecular formula is C11H20N2O2. The van der Waals surface area contributed by atoms with Crippen LogP contribution in [-0.2, 0) is 6.54 Å². The molecule has 0 radical (unpaired) electrons. The van der Waals surface area contributed by atoms with E-state index in [1.165, 1.54) is 0 Å². The molecule has 86 valence electrons. The van der Waals surface area contributed by atoms with Gasteiger partial charge in [-0.15, -0.1) is 0 Å². The minimum atomic E-state index is -0.656. The van der Waals surface area contributed by atoms with Crippen molar-refractivity contribution in [2.45, 2.75) is 39.8 Å². The summed E-state index contributed by atoms with van der Waals surface area (Å²) in [6, 6.07) is 1.80. The van der Waals surface area contributed by atoms with E-state index in [0.29, 0.717) is 12.1 Å². The van der Waals surface area contributed by atoms with Gasteiger partial charge in [-0.05, 0) is 11.5 Å². The molecule has 0 aliphatic rings. The van der Waals surface area contributed by atoms with E-state index < -0.39 is 6.10 Å². The van der Waals surface area contributed by atoms with Gasteiger partial charge in [-0.2, -0.15) is 5.10 Å². The Kier molecular flexibility index (Phi) is 3.88. The van der Waals surface area contributed by atoms with Gasteiger partial charge in [0.05, 0.1) is 11.8 Å². The molecule has 1 heterocycles. The van der Waals surface area contributed by atoms with E-state index in [1.807, 2.05) is 10.9 Å². The van der Waals surface area contributed by atoms with E-state index in [4.69, 9.17) is 5.11 Å². The molecule has 1 aromatic heterocycles. The number of nitrogens with zero attached hydrogens (tertiary/aromatic N) is 2. The first-order chi connectivity index (χ1) is 6.92. The largest absolute Gasteiger partial charge is 0.396 e. The molecule has 0 saturated heterocycles. The van der Waals surface area contributed by atoms with Crippen molar-refractivity contribution >= 4 is 0 Å². The minimum absolute atomic E-state index is 0.0205. The number of hydrogen-bond donors (Lipinski definition) is 2. The Hall–Kier alpha value is -0.870. The second kappa shape index (κ2) is 4.77. The molecule has 1 aromatic rings. The summed E-state index contributed by atoms with van der Waals surface area (Å²) in [5.74, 6) is 0. The van der Waals surface area contributed by atoms with Gasteiger partial charge in [-0.1, -0.05) is 20.8 Å². The van der Waals surface area contributed by atoms with Gasteiger partial charge in [0, 0.05) is 25.8 Å². The van der Waals surface area contributed by atoms with Crippen molar-refractivity contribution in [1.29, 1.82) is 0 Å². The van der Waals surface area contributed by atoms with Crippen LogP contribution in [0.15, 0.2) is 12.3 Å². The van der Waals surface area contributed by atoms with Crippen LogP contribution in [0.4, 0.5) is 0 Å². The Morgan fingerprint density at radius 1 is 1.47 bits per heavy atom. The SMILES string of the molecule is CC(C)(C)Cn1ccc([C@H](O)CCO)n1. The highest BCUT2D eigenvalue weighted by Gasteiger charge is 2.14. The molecule has 0 unspecified atom stereocenters. The Bertz CT molecular complexity index is 302. The molecule has 0 aromatic carbocycles. The Labute approximate surface area is 90.5 Å². The third-order valence-corrected chi connectivity index (χ3v) is 2.04. The summed E-state index contributed by atoms with van der Waals surface area (Å²) >= 11 is 0. The van der Waals surface area contributed by atoms with Crippen molar-refractivity contribution < 1.29 is 10.2 Å². The fraction of sp³-hybridized carbons (Fsp3) is 0.727. The molecular weight excluding hydrogens is 192 g/mol. The van der Waals surface area contributed by atoms with Gasteiger partial charge in [0.2, 0.25) is 0 Å². The van der Waals surface area contributed by atoms with Gasteiger partial charge in [0.1, 0.15) is 0 Å². The first-order valence-electron chi connectivity index (χ1n) is 5.24. The van der Waals surface area contributed by atoms with Crippen LogP contribution < -0.4 is 0 Å². The fourth-order valence-corrected chi connectivity index (χ4v) is 1.40. The zero-order valence-electron chi connectivity index (χ0n) is 9.64. The van der Waals surface area contributed by atoms with Gasteiger partial charge in [0.15, 0.2) is 0 Å². The topological polar surface area (TPSA) is 58.3 Å². The molecule has 4 nitrogen and oxygen atoms in total. The molecule has 0 aliphatic heterocycles. The van der Waals surface area contributed by atoms with Crippen LogP contribution in [0.1, 0.15) is 39.0 Å². The van der Waals surface area contributed by atoms with Crippen molar-refractivity contribution in [3.05, 3.63) is 18.0 Å². The number of aliphatic hydroxyl groups excluding tert-OH is 2. The maximum Gasteiger partial charge on any atom is 0.1000 e. The highest BCUT2D eigenvalue weighted by Crippen LogP contribution is 2.18. The molecule has 4 heteroatoms. The predicted molar refractivity (Wildman–Crippen MR) is 58.3 cm³/mol. The van der Waals surface area contributed by atoms with Gasteiger partial charge in [0.25, 0.3) is 0 Å². The average molecular weight is 212 g/mol. The Morgan fingerprint density at radius 3 is 2.67 bits per heavy atom. The van der Waals surface area contributed by atoms with Crippen LogP contribution in [0.2, 0.25) is 0 Å². The van der Waals surface area contributed by atoms with E-state index in [0.717, 1.165) is 6.54 Å².